The van der Waals surface area contributed by atoms with Gasteiger partial charge in [0, 0.05) is 35.7 Å². The fourth-order valence-corrected chi connectivity index (χ4v) is 3.29. The molecule has 1 aliphatic rings. The molecule has 2 heterocycles. The number of piperidine rings is 1. The van der Waals surface area contributed by atoms with Gasteiger partial charge in [-0.15, -0.1) is 0 Å². The van der Waals surface area contributed by atoms with Gasteiger partial charge in [-0.25, -0.2) is 0 Å². The minimum Gasteiger partial charge on any atom is -0.371 e. The summed E-state index contributed by atoms with van der Waals surface area (Å²) in [5.41, 5.74) is 2.43. The predicted octanol–water partition coefficient (Wildman–Crippen LogP) is 3.85. The number of rotatable bonds is 2. The van der Waals surface area contributed by atoms with Gasteiger partial charge in [-0.2, -0.15) is 0 Å². The Balaban J connectivity index is 1.98. The van der Waals surface area contributed by atoms with Crippen LogP contribution in [0.2, 0.25) is 0 Å². The van der Waals surface area contributed by atoms with E-state index in [1.807, 2.05) is 6.20 Å². The van der Waals surface area contributed by atoms with Gasteiger partial charge in [0.1, 0.15) is 0 Å². The van der Waals surface area contributed by atoms with Gasteiger partial charge in [-0.1, -0.05) is 34.1 Å². The van der Waals surface area contributed by atoms with E-state index in [2.05, 4.69) is 56.1 Å². The number of hydrogen-bond acceptors (Lipinski definition) is 2. The Bertz CT molecular complexity index is 536. The number of para-hydroxylation sites is 1. The van der Waals surface area contributed by atoms with Crippen LogP contribution in [-0.4, -0.2) is 23.4 Å². The number of pyridine rings is 1. The van der Waals surface area contributed by atoms with Gasteiger partial charge in [0.05, 0.1) is 5.52 Å². The molecule has 1 aliphatic heterocycles. The predicted molar refractivity (Wildman–Crippen MR) is 80.5 cm³/mol. The fourth-order valence-electron chi connectivity index (χ4n) is 2.77. The Hall–Kier alpha value is -1.09. The summed E-state index contributed by atoms with van der Waals surface area (Å²) in [7, 11) is 0. The molecule has 0 amide bonds. The maximum atomic E-state index is 4.44. The van der Waals surface area contributed by atoms with Crippen LogP contribution in [0.15, 0.2) is 36.5 Å². The number of fused-ring (bicyclic) bond motifs is 1. The molecule has 0 N–H and O–H groups in total. The molecule has 2 nitrogen and oxygen atoms in total. The van der Waals surface area contributed by atoms with E-state index in [1.54, 1.807) is 0 Å². The molecule has 1 unspecified atom stereocenters. The van der Waals surface area contributed by atoms with Crippen LogP contribution in [0, 0.1) is 5.92 Å². The van der Waals surface area contributed by atoms with Gasteiger partial charge in [0.25, 0.3) is 0 Å². The van der Waals surface area contributed by atoms with Gasteiger partial charge in [-0.3, -0.25) is 4.98 Å². The van der Waals surface area contributed by atoms with E-state index in [4.69, 9.17) is 0 Å². The van der Waals surface area contributed by atoms with Gasteiger partial charge < -0.3 is 4.90 Å². The highest BCUT2D eigenvalue weighted by atomic mass is 79.9. The lowest BCUT2D eigenvalue weighted by Crippen LogP contribution is -2.36. The van der Waals surface area contributed by atoms with Crippen LogP contribution in [0.3, 0.4) is 0 Å². The quantitative estimate of drug-likeness (QED) is 0.784. The molecule has 0 bridgehead atoms. The second-order valence-electron chi connectivity index (χ2n) is 4.96. The zero-order valence-corrected chi connectivity index (χ0v) is 11.9. The third-order valence-electron chi connectivity index (χ3n) is 3.70. The van der Waals surface area contributed by atoms with E-state index in [0.29, 0.717) is 0 Å². The molecule has 0 saturated carbocycles. The number of alkyl halides is 1. The molecule has 0 spiro atoms. The van der Waals surface area contributed by atoms with Crippen molar-refractivity contribution < 1.29 is 0 Å². The van der Waals surface area contributed by atoms with Gasteiger partial charge in [0.15, 0.2) is 0 Å². The van der Waals surface area contributed by atoms with E-state index < -0.39 is 0 Å². The molecule has 0 radical (unpaired) electrons. The summed E-state index contributed by atoms with van der Waals surface area (Å²) in [4.78, 5) is 6.95. The Labute approximate surface area is 116 Å². The SMILES string of the molecule is BrCC1CCCN(c2ccnc3ccccc23)C1. The number of nitrogens with zero attached hydrogens (tertiary/aromatic N) is 2. The molecule has 3 rings (SSSR count). The normalized spacial score (nSPS) is 20.3. The first-order valence-corrected chi connectivity index (χ1v) is 7.65. The van der Waals surface area contributed by atoms with Gasteiger partial charge in [-0.05, 0) is 30.9 Å². The molecule has 1 fully saturated rings. The minimum atomic E-state index is 0.769. The maximum Gasteiger partial charge on any atom is 0.0722 e. The summed E-state index contributed by atoms with van der Waals surface area (Å²) in [6, 6.07) is 10.6. The third-order valence-corrected chi connectivity index (χ3v) is 4.62. The minimum absolute atomic E-state index is 0.769. The Morgan fingerprint density at radius 2 is 2.17 bits per heavy atom. The molecule has 3 heteroatoms. The van der Waals surface area contributed by atoms with Crippen molar-refractivity contribution in [3.05, 3.63) is 36.5 Å². The van der Waals surface area contributed by atoms with Crippen LogP contribution in [0.4, 0.5) is 5.69 Å². The summed E-state index contributed by atoms with van der Waals surface area (Å²) in [5, 5.41) is 2.38. The number of halogens is 1. The van der Waals surface area contributed by atoms with Crippen molar-refractivity contribution in [2.75, 3.05) is 23.3 Å². The molecule has 1 aromatic heterocycles. The average Bonchev–Trinajstić information content (AvgIpc) is 2.47. The van der Waals surface area contributed by atoms with Crippen molar-refractivity contribution in [3.8, 4) is 0 Å². The zero-order valence-electron chi connectivity index (χ0n) is 10.3. The Morgan fingerprint density at radius 3 is 3.06 bits per heavy atom. The summed E-state index contributed by atoms with van der Waals surface area (Å²) < 4.78 is 0. The Kier molecular flexibility index (Phi) is 3.50. The zero-order chi connectivity index (χ0) is 12.4. The molecule has 1 atom stereocenters. The first-order chi connectivity index (χ1) is 8.88. The van der Waals surface area contributed by atoms with E-state index in [9.17, 15) is 0 Å². The Morgan fingerprint density at radius 1 is 1.28 bits per heavy atom. The molecule has 0 aliphatic carbocycles. The molecular weight excluding hydrogens is 288 g/mol. The molecular formula is C15H17BrN2. The van der Waals surface area contributed by atoms with E-state index in [-0.39, 0.29) is 0 Å². The summed E-state index contributed by atoms with van der Waals surface area (Å²) in [6.45, 7) is 2.32. The van der Waals surface area contributed by atoms with Crippen LogP contribution >= 0.6 is 15.9 Å². The fraction of sp³-hybridized carbons (Fsp3) is 0.400. The van der Waals surface area contributed by atoms with Crippen molar-refractivity contribution >= 4 is 32.5 Å². The van der Waals surface area contributed by atoms with E-state index in [1.165, 1.54) is 23.9 Å². The second kappa shape index (κ2) is 5.27. The highest BCUT2D eigenvalue weighted by Crippen LogP contribution is 2.29. The lowest BCUT2D eigenvalue weighted by Gasteiger charge is -2.34. The first-order valence-electron chi connectivity index (χ1n) is 6.53. The highest BCUT2D eigenvalue weighted by Gasteiger charge is 2.20. The number of benzene rings is 1. The summed E-state index contributed by atoms with van der Waals surface area (Å²) >= 11 is 3.62. The highest BCUT2D eigenvalue weighted by molar-refractivity contribution is 9.09. The average molecular weight is 305 g/mol. The lowest BCUT2D eigenvalue weighted by atomic mass is 9.99. The summed E-state index contributed by atoms with van der Waals surface area (Å²) in [6.07, 6.45) is 4.55. The van der Waals surface area contributed by atoms with Crippen molar-refractivity contribution in [2.45, 2.75) is 12.8 Å². The van der Waals surface area contributed by atoms with Crippen LogP contribution in [-0.2, 0) is 0 Å². The first kappa shape index (κ1) is 12.0. The molecule has 1 aromatic carbocycles. The van der Waals surface area contributed by atoms with Crippen LogP contribution < -0.4 is 4.90 Å². The summed E-state index contributed by atoms with van der Waals surface area (Å²) in [5.74, 6) is 0.769. The molecule has 94 valence electrons. The van der Waals surface area contributed by atoms with Crippen LogP contribution in [0.25, 0.3) is 10.9 Å². The topological polar surface area (TPSA) is 16.1 Å². The number of anilines is 1. The van der Waals surface area contributed by atoms with E-state index in [0.717, 1.165) is 29.9 Å². The molecule has 18 heavy (non-hydrogen) atoms. The van der Waals surface area contributed by atoms with E-state index >= 15 is 0 Å². The largest absolute Gasteiger partial charge is 0.371 e. The van der Waals surface area contributed by atoms with Gasteiger partial charge >= 0.3 is 0 Å². The maximum absolute atomic E-state index is 4.44. The number of hydrogen-bond donors (Lipinski definition) is 0. The van der Waals surface area contributed by atoms with Crippen LogP contribution in [0.5, 0.6) is 0 Å². The smallest absolute Gasteiger partial charge is 0.0722 e. The standard InChI is InChI=1S/C15H17BrN2/c16-10-12-4-3-9-18(11-12)15-7-8-17-14-6-2-1-5-13(14)15/h1-2,5-8,12H,3-4,9-11H2. The van der Waals surface area contributed by atoms with Crippen molar-refractivity contribution in [1.82, 2.24) is 4.98 Å². The van der Waals surface area contributed by atoms with Gasteiger partial charge in [0.2, 0.25) is 0 Å². The molecule has 2 aromatic rings. The third kappa shape index (κ3) is 2.24. The van der Waals surface area contributed by atoms with Crippen LogP contribution in [0.1, 0.15) is 12.8 Å². The van der Waals surface area contributed by atoms with Crippen molar-refractivity contribution in [2.24, 2.45) is 5.92 Å². The van der Waals surface area contributed by atoms with Crippen molar-refractivity contribution in [1.29, 1.82) is 0 Å². The number of aromatic nitrogens is 1. The van der Waals surface area contributed by atoms with Crippen molar-refractivity contribution in [3.63, 3.8) is 0 Å². The lowest BCUT2D eigenvalue weighted by molar-refractivity contribution is 0.456. The second-order valence-corrected chi connectivity index (χ2v) is 5.60. The monoisotopic (exact) mass is 304 g/mol. The molecule has 1 saturated heterocycles.